The largest absolute Gasteiger partial charge is 0.490 e. The lowest BCUT2D eigenvalue weighted by atomic mass is 10.1. The Labute approximate surface area is 185 Å². The van der Waals surface area contributed by atoms with Crippen LogP contribution in [0.3, 0.4) is 0 Å². The van der Waals surface area contributed by atoms with Crippen molar-refractivity contribution >= 4 is 5.71 Å². The van der Waals surface area contributed by atoms with E-state index in [4.69, 9.17) is 23.8 Å². The van der Waals surface area contributed by atoms with Gasteiger partial charge >= 0.3 is 0 Å². The molecule has 31 heavy (non-hydrogen) atoms. The summed E-state index contributed by atoms with van der Waals surface area (Å²) in [5, 5.41) is 3.83. The molecule has 0 heterocycles. The first-order chi connectivity index (χ1) is 15.0. The van der Waals surface area contributed by atoms with Gasteiger partial charge in [-0.05, 0) is 68.7 Å². The number of nitrogens with zero attached hydrogens (tertiary/aromatic N) is 1. The van der Waals surface area contributed by atoms with Crippen LogP contribution in [0.15, 0.2) is 53.7 Å². The van der Waals surface area contributed by atoms with E-state index in [1.807, 2.05) is 76.2 Å². The van der Waals surface area contributed by atoms with Crippen molar-refractivity contribution in [2.75, 3.05) is 33.5 Å². The Balaban J connectivity index is 1.80. The summed E-state index contributed by atoms with van der Waals surface area (Å²) < 4.78 is 23.2. The molecular weight excluding hydrogens is 394 g/mol. The first-order valence-corrected chi connectivity index (χ1v) is 10.4. The fraction of sp³-hybridized carbons (Fsp3) is 0.400. The second-order valence-electron chi connectivity index (χ2n) is 7.11. The first-order valence-electron chi connectivity index (χ1n) is 10.4. The summed E-state index contributed by atoms with van der Waals surface area (Å²) in [5.74, 6) is 2.50. The van der Waals surface area contributed by atoms with Gasteiger partial charge < -0.3 is 23.8 Å². The van der Waals surface area contributed by atoms with Gasteiger partial charge in [-0.3, -0.25) is 0 Å². The Morgan fingerprint density at radius 1 is 0.968 bits per heavy atom. The monoisotopic (exact) mass is 427 g/mol. The van der Waals surface area contributed by atoms with Crippen molar-refractivity contribution in [1.82, 2.24) is 0 Å². The van der Waals surface area contributed by atoms with Crippen LogP contribution in [0.2, 0.25) is 0 Å². The van der Waals surface area contributed by atoms with Crippen LogP contribution in [-0.4, -0.2) is 39.2 Å². The number of hydrogen-bond donors (Lipinski definition) is 0. The van der Waals surface area contributed by atoms with Gasteiger partial charge in [0.25, 0.3) is 0 Å². The number of ether oxygens (including phenoxy) is 4. The fourth-order valence-corrected chi connectivity index (χ4v) is 2.99. The summed E-state index contributed by atoms with van der Waals surface area (Å²) in [5.41, 5.74) is 3.91. The molecule has 0 atom stereocenters. The van der Waals surface area contributed by atoms with Gasteiger partial charge in [0.2, 0.25) is 0 Å². The maximum absolute atomic E-state index is 5.97. The van der Waals surface area contributed by atoms with Crippen molar-refractivity contribution in [2.45, 2.75) is 34.3 Å². The predicted octanol–water partition coefficient (Wildman–Crippen LogP) is 5.26. The number of hydrogen-bond acceptors (Lipinski definition) is 6. The molecule has 0 fully saturated rings. The zero-order valence-corrected chi connectivity index (χ0v) is 19.1. The van der Waals surface area contributed by atoms with Gasteiger partial charge in [0.15, 0.2) is 0 Å². The Morgan fingerprint density at radius 3 is 2.42 bits per heavy atom. The molecule has 168 valence electrons. The van der Waals surface area contributed by atoms with E-state index in [0.29, 0.717) is 33.0 Å². The molecule has 0 aliphatic rings. The average molecular weight is 428 g/mol. The maximum atomic E-state index is 5.97. The Hall–Kier alpha value is -2.99. The van der Waals surface area contributed by atoms with E-state index in [0.717, 1.165) is 39.7 Å². The first kappa shape index (κ1) is 24.3. The van der Waals surface area contributed by atoms with Crippen LogP contribution in [0.5, 0.6) is 17.2 Å². The topological polar surface area (TPSA) is 58.5 Å². The highest BCUT2D eigenvalue weighted by atomic mass is 16.6. The minimum Gasteiger partial charge on any atom is -0.490 e. The molecule has 0 spiro atoms. The molecule has 6 heteroatoms. The van der Waals surface area contributed by atoms with Crippen LogP contribution < -0.4 is 14.2 Å². The molecular formula is C25H33NO5. The van der Waals surface area contributed by atoms with Crippen LogP contribution in [0.25, 0.3) is 0 Å². The molecule has 0 saturated heterocycles. The Bertz CT molecular complexity index is 853. The smallest absolute Gasteiger partial charge is 0.125 e. The Kier molecular flexibility index (Phi) is 10.4. The highest BCUT2D eigenvalue weighted by Gasteiger charge is 2.08. The van der Waals surface area contributed by atoms with Crippen LogP contribution >= 0.6 is 0 Å². The zero-order chi connectivity index (χ0) is 22.5. The highest BCUT2D eigenvalue weighted by molar-refractivity contribution is 5.82. The maximum Gasteiger partial charge on any atom is 0.125 e. The molecule has 2 rings (SSSR count). The Morgan fingerprint density at radius 2 is 1.71 bits per heavy atom. The lowest BCUT2D eigenvalue weighted by Gasteiger charge is -2.15. The third-order valence-corrected chi connectivity index (χ3v) is 4.34. The van der Waals surface area contributed by atoms with Crippen LogP contribution in [0.4, 0.5) is 0 Å². The molecule has 0 aromatic heterocycles. The second kappa shape index (κ2) is 13.3. The molecule has 0 N–H and O–H groups in total. The van der Waals surface area contributed by atoms with Crippen molar-refractivity contribution in [3.63, 3.8) is 0 Å². The third-order valence-electron chi connectivity index (χ3n) is 4.34. The van der Waals surface area contributed by atoms with E-state index in [2.05, 4.69) is 5.16 Å². The fourth-order valence-electron chi connectivity index (χ4n) is 2.99. The average Bonchev–Trinajstić information content (AvgIpc) is 2.73. The van der Waals surface area contributed by atoms with Crippen molar-refractivity contribution < 1.29 is 23.8 Å². The number of rotatable bonds is 13. The second-order valence-corrected chi connectivity index (χ2v) is 7.11. The van der Waals surface area contributed by atoms with Crippen LogP contribution in [0, 0.1) is 13.8 Å². The van der Waals surface area contributed by atoms with Crippen LogP contribution in [0.1, 0.15) is 30.5 Å². The van der Waals surface area contributed by atoms with Gasteiger partial charge in [-0.2, -0.15) is 0 Å². The van der Waals surface area contributed by atoms with Crippen LogP contribution in [-0.2, 0) is 16.2 Å². The summed E-state index contributed by atoms with van der Waals surface area (Å²) >= 11 is 0. The molecule has 0 aliphatic heterocycles. The molecule has 0 aliphatic carbocycles. The molecule has 0 radical (unpaired) electrons. The molecule has 0 bridgehead atoms. The third kappa shape index (κ3) is 8.72. The van der Waals surface area contributed by atoms with E-state index in [1.165, 1.54) is 7.11 Å². The number of benzene rings is 2. The number of oxime groups is 1. The molecule has 0 amide bonds. The molecule has 2 aromatic carbocycles. The summed E-state index contributed by atoms with van der Waals surface area (Å²) in [6.45, 7) is 10.2. The van der Waals surface area contributed by atoms with Gasteiger partial charge in [-0.15, -0.1) is 0 Å². The minimum atomic E-state index is 0.421. The van der Waals surface area contributed by atoms with Gasteiger partial charge in [0.05, 0.1) is 18.9 Å². The van der Waals surface area contributed by atoms with Crippen molar-refractivity contribution in [2.24, 2.45) is 5.16 Å². The van der Waals surface area contributed by atoms with E-state index in [1.54, 1.807) is 0 Å². The predicted molar refractivity (Wildman–Crippen MR) is 123 cm³/mol. The number of aryl methyl sites for hydroxylation is 2. The number of allylic oxidation sites excluding steroid dienone is 1. The van der Waals surface area contributed by atoms with Gasteiger partial charge in [0.1, 0.15) is 44.2 Å². The molecule has 6 nitrogen and oxygen atoms in total. The molecule has 2 aromatic rings. The summed E-state index contributed by atoms with van der Waals surface area (Å²) in [6, 6.07) is 11.8. The van der Waals surface area contributed by atoms with Crippen molar-refractivity contribution in [3.05, 3.63) is 65.2 Å². The van der Waals surface area contributed by atoms with Gasteiger partial charge in [0, 0.05) is 0 Å². The van der Waals surface area contributed by atoms with E-state index in [9.17, 15) is 0 Å². The normalized spacial score (nSPS) is 11.6. The lowest BCUT2D eigenvalue weighted by Crippen LogP contribution is -2.11. The van der Waals surface area contributed by atoms with Crippen molar-refractivity contribution in [1.29, 1.82) is 0 Å². The summed E-state index contributed by atoms with van der Waals surface area (Å²) in [4.78, 5) is 4.72. The quantitative estimate of drug-likeness (QED) is 0.189. The SMILES string of the molecule is C/C=C/COc1cc(C)c(OCCOc2cccc(COC/C(C)=N/OC)c2)c(C)c1. The lowest BCUT2D eigenvalue weighted by molar-refractivity contribution is 0.150. The van der Waals surface area contributed by atoms with Crippen molar-refractivity contribution in [3.8, 4) is 17.2 Å². The highest BCUT2D eigenvalue weighted by Crippen LogP contribution is 2.28. The van der Waals surface area contributed by atoms with E-state index in [-0.39, 0.29) is 0 Å². The van der Waals surface area contributed by atoms with Gasteiger partial charge in [-0.25, -0.2) is 0 Å². The molecule has 0 saturated carbocycles. The molecule has 0 unspecified atom stereocenters. The van der Waals surface area contributed by atoms with E-state index < -0.39 is 0 Å². The minimum absolute atomic E-state index is 0.421. The van der Waals surface area contributed by atoms with Gasteiger partial charge in [-0.1, -0.05) is 29.4 Å². The summed E-state index contributed by atoms with van der Waals surface area (Å²) in [6.07, 6.45) is 3.95. The standard InChI is InChI=1S/C25H33NO5/c1-6-7-11-29-24-14-19(2)25(20(3)15-24)31-13-12-30-23-10-8-9-22(16-23)18-28-17-21(4)26-27-5/h6-10,14-16H,11-13,17-18H2,1-5H3/b7-6+,26-21+. The zero-order valence-electron chi connectivity index (χ0n) is 19.1. The summed E-state index contributed by atoms with van der Waals surface area (Å²) in [7, 11) is 1.52. The van der Waals surface area contributed by atoms with E-state index >= 15 is 0 Å².